The monoisotopic (exact) mass is 307 g/mol. The Labute approximate surface area is 115 Å². The highest BCUT2D eigenvalue weighted by molar-refractivity contribution is 9.10. The molecule has 0 aromatic heterocycles. The quantitative estimate of drug-likeness (QED) is 0.897. The van der Waals surface area contributed by atoms with Gasteiger partial charge < -0.3 is 5.32 Å². The zero-order chi connectivity index (χ0) is 13.0. The summed E-state index contributed by atoms with van der Waals surface area (Å²) in [6, 6.07) is 15.0. The van der Waals surface area contributed by atoms with Gasteiger partial charge in [-0.3, -0.25) is 0 Å². The van der Waals surface area contributed by atoms with Gasteiger partial charge in [0.25, 0.3) is 0 Å². The van der Waals surface area contributed by atoms with Gasteiger partial charge in [0.2, 0.25) is 0 Å². The fourth-order valence-electron chi connectivity index (χ4n) is 2.01. The number of hydrogen-bond acceptors (Lipinski definition) is 1. The normalized spacial score (nSPS) is 12.4. The lowest BCUT2D eigenvalue weighted by molar-refractivity contribution is 0.553. The molecule has 3 heteroatoms. The van der Waals surface area contributed by atoms with Crippen LogP contribution in [0.1, 0.15) is 17.2 Å². The van der Waals surface area contributed by atoms with Gasteiger partial charge in [-0.05, 0) is 36.7 Å². The SMILES string of the molecule is CNC(Cc1ccccc1F)c1ccccc1Br. The van der Waals surface area contributed by atoms with Gasteiger partial charge in [0.15, 0.2) is 0 Å². The Kier molecular flexibility index (Phi) is 4.50. The molecule has 0 radical (unpaired) electrons. The van der Waals surface area contributed by atoms with E-state index < -0.39 is 0 Å². The van der Waals surface area contributed by atoms with Crippen LogP contribution in [0.2, 0.25) is 0 Å². The second kappa shape index (κ2) is 6.12. The van der Waals surface area contributed by atoms with Crippen molar-refractivity contribution >= 4 is 15.9 Å². The van der Waals surface area contributed by atoms with Crippen LogP contribution in [0.5, 0.6) is 0 Å². The lowest BCUT2D eigenvalue weighted by Crippen LogP contribution is -2.19. The summed E-state index contributed by atoms with van der Waals surface area (Å²) in [5.74, 6) is -0.148. The number of likely N-dealkylation sites (N-methyl/N-ethyl adjacent to an activating group) is 1. The van der Waals surface area contributed by atoms with Gasteiger partial charge in [-0.1, -0.05) is 52.3 Å². The van der Waals surface area contributed by atoms with Crippen molar-refractivity contribution in [3.05, 3.63) is 69.9 Å². The van der Waals surface area contributed by atoms with Crippen LogP contribution in [0.15, 0.2) is 53.0 Å². The van der Waals surface area contributed by atoms with Crippen LogP contribution in [0.3, 0.4) is 0 Å². The Hall–Kier alpha value is -1.19. The molecule has 1 atom stereocenters. The predicted molar refractivity (Wildman–Crippen MR) is 76.0 cm³/mol. The molecule has 0 aliphatic carbocycles. The summed E-state index contributed by atoms with van der Waals surface area (Å²) in [5.41, 5.74) is 1.87. The molecule has 2 aromatic carbocycles. The van der Waals surface area contributed by atoms with Crippen LogP contribution in [-0.4, -0.2) is 7.05 Å². The van der Waals surface area contributed by atoms with Crippen molar-refractivity contribution in [3.8, 4) is 0 Å². The Morgan fingerprint density at radius 2 is 1.78 bits per heavy atom. The number of nitrogens with one attached hydrogen (secondary N) is 1. The third-order valence-corrected chi connectivity index (χ3v) is 3.73. The minimum Gasteiger partial charge on any atom is -0.313 e. The average molecular weight is 308 g/mol. The van der Waals surface area contributed by atoms with Gasteiger partial charge in [-0.2, -0.15) is 0 Å². The zero-order valence-corrected chi connectivity index (χ0v) is 11.7. The fourth-order valence-corrected chi connectivity index (χ4v) is 2.57. The van der Waals surface area contributed by atoms with E-state index in [2.05, 4.69) is 21.2 Å². The molecule has 1 N–H and O–H groups in total. The Balaban J connectivity index is 2.26. The molecule has 0 spiro atoms. The second-order valence-corrected chi connectivity index (χ2v) is 5.01. The highest BCUT2D eigenvalue weighted by Gasteiger charge is 2.14. The first-order valence-corrected chi connectivity index (χ1v) is 6.66. The van der Waals surface area contributed by atoms with E-state index in [1.165, 1.54) is 6.07 Å². The summed E-state index contributed by atoms with van der Waals surface area (Å²) in [4.78, 5) is 0. The van der Waals surface area contributed by atoms with E-state index >= 15 is 0 Å². The fraction of sp³-hybridized carbons (Fsp3) is 0.200. The van der Waals surface area contributed by atoms with E-state index in [-0.39, 0.29) is 11.9 Å². The summed E-state index contributed by atoms with van der Waals surface area (Å²) in [7, 11) is 1.89. The van der Waals surface area contributed by atoms with Gasteiger partial charge >= 0.3 is 0 Å². The molecule has 0 heterocycles. The molecule has 94 valence electrons. The molecule has 0 fully saturated rings. The molecule has 0 saturated heterocycles. The lowest BCUT2D eigenvalue weighted by atomic mass is 9.99. The van der Waals surface area contributed by atoms with E-state index in [4.69, 9.17) is 0 Å². The molecular weight excluding hydrogens is 293 g/mol. The molecule has 2 aromatic rings. The lowest BCUT2D eigenvalue weighted by Gasteiger charge is -2.18. The Morgan fingerprint density at radius 3 is 2.44 bits per heavy atom. The molecular formula is C15H15BrFN. The van der Waals surface area contributed by atoms with Gasteiger partial charge in [0.05, 0.1) is 0 Å². The molecule has 2 rings (SSSR count). The molecule has 0 saturated carbocycles. The third-order valence-electron chi connectivity index (χ3n) is 3.01. The molecule has 0 aliphatic rings. The summed E-state index contributed by atoms with van der Waals surface area (Å²) in [5, 5.41) is 3.24. The Bertz CT molecular complexity index is 527. The first kappa shape index (κ1) is 13.2. The minimum absolute atomic E-state index is 0.0949. The van der Waals surface area contributed by atoms with E-state index in [9.17, 15) is 4.39 Å². The first-order chi connectivity index (χ1) is 8.72. The van der Waals surface area contributed by atoms with Crippen molar-refractivity contribution in [2.75, 3.05) is 7.05 Å². The molecule has 1 unspecified atom stereocenters. The van der Waals surface area contributed by atoms with E-state index in [0.717, 1.165) is 15.6 Å². The van der Waals surface area contributed by atoms with Crippen molar-refractivity contribution in [2.24, 2.45) is 0 Å². The van der Waals surface area contributed by atoms with Crippen LogP contribution in [0.4, 0.5) is 4.39 Å². The smallest absolute Gasteiger partial charge is 0.126 e. The second-order valence-electron chi connectivity index (χ2n) is 4.16. The number of halogens is 2. The van der Waals surface area contributed by atoms with Crippen molar-refractivity contribution in [1.82, 2.24) is 5.32 Å². The standard InChI is InChI=1S/C15H15BrFN/c1-18-15(12-7-3-4-8-13(12)16)10-11-6-2-5-9-14(11)17/h2-9,15,18H,10H2,1H3. The number of rotatable bonds is 4. The maximum absolute atomic E-state index is 13.7. The summed E-state index contributed by atoms with van der Waals surface area (Å²) in [6.07, 6.45) is 0.631. The third kappa shape index (κ3) is 2.98. The van der Waals surface area contributed by atoms with Crippen molar-refractivity contribution in [2.45, 2.75) is 12.5 Å². The summed E-state index contributed by atoms with van der Waals surface area (Å²) < 4.78 is 14.7. The van der Waals surface area contributed by atoms with E-state index in [0.29, 0.717) is 6.42 Å². The first-order valence-electron chi connectivity index (χ1n) is 5.87. The van der Waals surface area contributed by atoms with Crippen LogP contribution < -0.4 is 5.32 Å². The topological polar surface area (TPSA) is 12.0 Å². The van der Waals surface area contributed by atoms with Crippen LogP contribution in [0, 0.1) is 5.82 Å². The minimum atomic E-state index is -0.148. The zero-order valence-electron chi connectivity index (χ0n) is 10.2. The average Bonchev–Trinajstić information content (AvgIpc) is 2.39. The van der Waals surface area contributed by atoms with Crippen LogP contribution in [-0.2, 0) is 6.42 Å². The van der Waals surface area contributed by atoms with Gasteiger partial charge in [-0.25, -0.2) is 4.39 Å². The van der Waals surface area contributed by atoms with Gasteiger partial charge in [0, 0.05) is 10.5 Å². The highest BCUT2D eigenvalue weighted by atomic mass is 79.9. The Morgan fingerprint density at radius 1 is 1.11 bits per heavy atom. The predicted octanol–water partition coefficient (Wildman–Crippen LogP) is 4.09. The van der Waals surface area contributed by atoms with Crippen molar-refractivity contribution in [1.29, 1.82) is 0 Å². The highest BCUT2D eigenvalue weighted by Crippen LogP contribution is 2.26. The molecule has 0 aliphatic heterocycles. The van der Waals surface area contributed by atoms with E-state index in [1.54, 1.807) is 6.07 Å². The number of hydrogen-bond donors (Lipinski definition) is 1. The summed E-state index contributed by atoms with van der Waals surface area (Å²) in [6.45, 7) is 0. The van der Waals surface area contributed by atoms with Gasteiger partial charge in [-0.15, -0.1) is 0 Å². The van der Waals surface area contributed by atoms with Gasteiger partial charge in [0.1, 0.15) is 5.82 Å². The maximum Gasteiger partial charge on any atom is 0.126 e. The van der Waals surface area contributed by atoms with Crippen LogP contribution >= 0.6 is 15.9 Å². The summed E-state index contributed by atoms with van der Waals surface area (Å²) >= 11 is 3.54. The van der Waals surface area contributed by atoms with Crippen molar-refractivity contribution in [3.63, 3.8) is 0 Å². The van der Waals surface area contributed by atoms with Crippen LogP contribution in [0.25, 0.3) is 0 Å². The largest absolute Gasteiger partial charge is 0.313 e. The molecule has 1 nitrogen and oxygen atoms in total. The maximum atomic E-state index is 13.7. The van der Waals surface area contributed by atoms with Crippen molar-refractivity contribution < 1.29 is 4.39 Å². The number of benzene rings is 2. The molecule has 0 bridgehead atoms. The molecule has 0 amide bonds. The van der Waals surface area contributed by atoms with E-state index in [1.807, 2.05) is 43.4 Å². The molecule has 18 heavy (non-hydrogen) atoms.